The van der Waals surface area contributed by atoms with Crippen molar-refractivity contribution in [1.82, 2.24) is 24.6 Å². The van der Waals surface area contributed by atoms with E-state index in [1.165, 1.54) is 5.39 Å². The predicted octanol–water partition coefficient (Wildman–Crippen LogP) is 3.18. The Hall–Kier alpha value is -3.19. The summed E-state index contributed by atoms with van der Waals surface area (Å²) in [5, 5.41) is 9.57. The second-order valence-corrected chi connectivity index (χ2v) is 8.26. The van der Waals surface area contributed by atoms with Gasteiger partial charge in [0.25, 0.3) is 5.56 Å². The summed E-state index contributed by atoms with van der Waals surface area (Å²) in [5.74, 6) is 1.86. The lowest BCUT2D eigenvalue weighted by molar-refractivity contribution is 0.250. The number of aryl methyl sites for hydroxylation is 1. The number of piperazine rings is 1. The molecule has 0 radical (unpaired) electrons. The number of aromatic amines is 1. The largest absolute Gasteiger partial charge is 0.352 e. The Morgan fingerprint density at radius 3 is 2.45 bits per heavy atom. The van der Waals surface area contributed by atoms with Crippen molar-refractivity contribution in [2.45, 2.75) is 26.3 Å². The highest BCUT2D eigenvalue weighted by molar-refractivity contribution is 5.90. The molecule has 5 rings (SSSR count). The number of para-hydroxylation sites is 2. The van der Waals surface area contributed by atoms with Crippen LogP contribution in [0, 0.1) is 6.92 Å². The van der Waals surface area contributed by atoms with E-state index in [2.05, 4.69) is 43.2 Å². The summed E-state index contributed by atoms with van der Waals surface area (Å²) in [5.41, 5.74) is 1.94. The average molecular weight is 417 g/mol. The number of aromatic nitrogens is 4. The molecule has 1 saturated heterocycles. The molecule has 1 aliphatic rings. The van der Waals surface area contributed by atoms with Gasteiger partial charge >= 0.3 is 0 Å². The molecule has 31 heavy (non-hydrogen) atoms. The molecule has 0 unspecified atom stereocenters. The highest BCUT2D eigenvalue weighted by Gasteiger charge is 2.20. The molecule has 1 aliphatic heterocycles. The van der Waals surface area contributed by atoms with E-state index in [-0.39, 0.29) is 5.56 Å². The quantitative estimate of drug-likeness (QED) is 0.489. The summed E-state index contributed by atoms with van der Waals surface area (Å²) in [6.07, 6.45) is 2.05. The molecule has 0 bridgehead atoms. The number of hydrogen-bond donors (Lipinski definition) is 1. The molecular formula is C24H28N6O. The van der Waals surface area contributed by atoms with Crippen LogP contribution in [0.3, 0.4) is 0 Å². The van der Waals surface area contributed by atoms with Crippen LogP contribution in [0.2, 0.25) is 0 Å². The second kappa shape index (κ2) is 8.51. The topological polar surface area (TPSA) is 70.1 Å². The van der Waals surface area contributed by atoms with Gasteiger partial charge in [0.2, 0.25) is 0 Å². The second-order valence-electron chi connectivity index (χ2n) is 8.26. The van der Waals surface area contributed by atoms with Gasteiger partial charge in [-0.2, -0.15) is 5.10 Å². The van der Waals surface area contributed by atoms with Crippen LogP contribution in [0.4, 0.5) is 5.82 Å². The summed E-state index contributed by atoms with van der Waals surface area (Å²) < 4.78 is 1.82. The number of unbranched alkanes of at least 4 members (excludes halogenated alkanes) is 1. The Bertz CT molecular complexity index is 1250. The number of hydrogen-bond acceptors (Lipinski definition) is 5. The maximum Gasteiger partial charge on any atom is 0.261 e. The molecule has 7 nitrogen and oxygen atoms in total. The Morgan fingerprint density at radius 1 is 0.903 bits per heavy atom. The first kappa shape index (κ1) is 19.8. The first-order valence-corrected chi connectivity index (χ1v) is 11.1. The van der Waals surface area contributed by atoms with Gasteiger partial charge in [-0.15, -0.1) is 0 Å². The molecule has 0 amide bonds. The van der Waals surface area contributed by atoms with Crippen LogP contribution in [0.5, 0.6) is 0 Å². The number of H-pyrrole nitrogens is 1. The van der Waals surface area contributed by atoms with Crippen LogP contribution in [0.1, 0.15) is 18.7 Å². The fraction of sp³-hybridized carbons (Fsp3) is 0.375. The molecule has 0 saturated carbocycles. The van der Waals surface area contributed by atoms with Gasteiger partial charge in [-0.3, -0.25) is 19.4 Å². The molecule has 0 aliphatic carbocycles. The number of fused-ring (bicyclic) bond motifs is 2. The minimum atomic E-state index is 0.0722. The van der Waals surface area contributed by atoms with Gasteiger partial charge in [-0.05, 0) is 50.6 Å². The zero-order chi connectivity index (χ0) is 21.2. The van der Waals surface area contributed by atoms with E-state index >= 15 is 0 Å². The van der Waals surface area contributed by atoms with Crippen LogP contribution in [0.15, 0.2) is 53.3 Å². The van der Waals surface area contributed by atoms with Crippen molar-refractivity contribution < 1.29 is 0 Å². The lowest BCUT2D eigenvalue weighted by Crippen LogP contribution is -2.46. The van der Waals surface area contributed by atoms with Crippen LogP contribution in [-0.4, -0.2) is 57.4 Å². The number of nitrogens with one attached hydrogen (secondary N) is 1. The maximum atomic E-state index is 12.8. The molecule has 2 aromatic carbocycles. The third-order valence-corrected chi connectivity index (χ3v) is 6.28. The van der Waals surface area contributed by atoms with E-state index in [1.54, 1.807) is 0 Å². The van der Waals surface area contributed by atoms with E-state index < -0.39 is 0 Å². The number of nitrogens with zero attached hydrogens (tertiary/aromatic N) is 5. The molecular weight excluding hydrogens is 388 g/mol. The molecule has 160 valence electrons. The van der Waals surface area contributed by atoms with Gasteiger partial charge < -0.3 is 4.90 Å². The van der Waals surface area contributed by atoms with Gasteiger partial charge in [0.1, 0.15) is 5.82 Å². The van der Waals surface area contributed by atoms with Crippen LogP contribution < -0.4 is 10.5 Å². The van der Waals surface area contributed by atoms with E-state index in [4.69, 9.17) is 0 Å². The normalized spacial score (nSPS) is 15.2. The molecule has 3 heterocycles. The third kappa shape index (κ3) is 3.93. The van der Waals surface area contributed by atoms with Crippen LogP contribution in [-0.2, 0) is 6.54 Å². The fourth-order valence-corrected chi connectivity index (χ4v) is 4.52. The van der Waals surface area contributed by atoms with Crippen molar-refractivity contribution in [2.24, 2.45) is 0 Å². The van der Waals surface area contributed by atoms with E-state index in [9.17, 15) is 4.79 Å². The van der Waals surface area contributed by atoms with Gasteiger partial charge in [0.05, 0.1) is 16.4 Å². The highest BCUT2D eigenvalue weighted by atomic mass is 16.1. The minimum Gasteiger partial charge on any atom is -0.352 e. The van der Waals surface area contributed by atoms with Crippen molar-refractivity contribution >= 4 is 27.6 Å². The summed E-state index contributed by atoms with van der Waals surface area (Å²) in [4.78, 5) is 22.3. The number of anilines is 1. The Balaban J connectivity index is 1.13. The molecule has 1 fully saturated rings. The number of rotatable bonds is 6. The van der Waals surface area contributed by atoms with Crippen molar-refractivity contribution in [3.63, 3.8) is 0 Å². The average Bonchev–Trinajstić information content (AvgIpc) is 3.23. The Kier molecular flexibility index (Phi) is 5.42. The molecule has 2 aromatic heterocycles. The van der Waals surface area contributed by atoms with Gasteiger partial charge in [0.15, 0.2) is 5.82 Å². The fourth-order valence-electron chi connectivity index (χ4n) is 4.52. The van der Waals surface area contributed by atoms with Crippen molar-refractivity contribution in [3.8, 4) is 0 Å². The zero-order valence-corrected chi connectivity index (χ0v) is 17.9. The van der Waals surface area contributed by atoms with Crippen molar-refractivity contribution in [3.05, 3.63) is 64.7 Å². The minimum absolute atomic E-state index is 0.0722. The molecule has 0 spiro atoms. The standard InChI is InChI=1S/C24H28N6O/c1-18-25-21-10-4-3-9-20(21)24(31)30(18)13-7-6-12-28-14-16-29(17-15-28)23-19-8-2-5-11-22(19)26-27-23/h2-5,8-11H,6-7,12-17H2,1H3,(H,26,27). The lowest BCUT2D eigenvalue weighted by atomic mass is 10.2. The van der Waals surface area contributed by atoms with E-state index in [0.29, 0.717) is 5.39 Å². The first-order valence-electron chi connectivity index (χ1n) is 11.1. The first-order chi connectivity index (χ1) is 15.2. The smallest absolute Gasteiger partial charge is 0.261 e. The van der Waals surface area contributed by atoms with E-state index in [0.717, 1.165) is 74.8 Å². The van der Waals surface area contributed by atoms with E-state index in [1.807, 2.05) is 41.8 Å². The monoisotopic (exact) mass is 416 g/mol. The maximum absolute atomic E-state index is 12.8. The number of benzene rings is 2. The summed E-state index contributed by atoms with van der Waals surface area (Å²) in [6.45, 7) is 7.76. The molecule has 1 N–H and O–H groups in total. The van der Waals surface area contributed by atoms with Crippen molar-refractivity contribution in [2.75, 3.05) is 37.6 Å². The zero-order valence-electron chi connectivity index (χ0n) is 17.9. The lowest BCUT2D eigenvalue weighted by Gasteiger charge is -2.35. The molecule has 4 aromatic rings. The van der Waals surface area contributed by atoms with Crippen molar-refractivity contribution in [1.29, 1.82) is 0 Å². The summed E-state index contributed by atoms with van der Waals surface area (Å²) in [7, 11) is 0. The molecule has 0 atom stereocenters. The Labute approximate surface area is 181 Å². The summed E-state index contributed by atoms with van der Waals surface area (Å²) in [6, 6.07) is 15.9. The molecule has 7 heteroatoms. The van der Waals surface area contributed by atoms with Crippen LogP contribution in [0.25, 0.3) is 21.8 Å². The SMILES string of the molecule is Cc1nc2ccccc2c(=O)n1CCCCN1CCN(c2n[nH]c3ccccc23)CC1. The van der Waals surface area contributed by atoms with Gasteiger partial charge in [0, 0.05) is 38.1 Å². The summed E-state index contributed by atoms with van der Waals surface area (Å²) >= 11 is 0. The predicted molar refractivity (Wildman–Crippen MR) is 125 cm³/mol. The Morgan fingerprint density at radius 2 is 1.61 bits per heavy atom. The highest BCUT2D eigenvalue weighted by Crippen LogP contribution is 2.24. The van der Waals surface area contributed by atoms with Gasteiger partial charge in [-0.25, -0.2) is 4.98 Å². The van der Waals surface area contributed by atoms with Crippen LogP contribution >= 0.6 is 0 Å². The van der Waals surface area contributed by atoms with Gasteiger partial charge in [-0.1, -0.05) is 24.3 Å². The third-order valence-electron chi connectivity index (χ3n) is 6.28.